The molecule has 172 valence electrons. The summed E-state index contributed by atoms with van der Waals surface area (Å²) in [6, 6.07) is 6.85. The summed E-state index contributed by atoms with van der Waals surface area (Å²) < 4.78 is 19.1. The number of carboxylic acids is 1. The molecular weight excluding hydrogens is 437 g/mol. The van der Waals surface area contributed by atoms with Gasteiger partial charge in [-0.1, -0.05) is 23.7 Å². The maximum absolute atomic E-state index is 13.5. The van der Waals surface area contributed by atoms with E-state index < -0.39 is 23.7 Å². The molecule has 3 N–H and O–H groups in total. The van der Waals surface area contributed by atoms with E-state index in [-0.39, 0.29) is 23.6 Å². The quantitative estimate of drug-likeness (QED) is 0.438. The summed E-state index contributed by atoms with van der Waals surface area (Å²) >= 11 is 5.79. The highest BCUT2D eigenvalue weighted by Gasteiger charge is 2.22. The van der Waals surface area contributed by atoms with Crippen LogP contribution in [-0.2, 0) is 22.4 Å². The first kappa shape index (κ1) is 23.9. The Hall–Kier alpha value is -2.71. The van der Waals surface area contributed by atoms with Gasteiger partial charge in [-0.15, -0.1) is 0 Å². The number of amides is 1. The van der Waals surface area contributed by atoms with Gasteiger partial charge in [-0.3, -0.25) is 4.79 Å². The van der Waals surface area contributed by atoms with Crippen LogP contribution in [0.25, 0.3) is 0 Å². The molecule has 0 saturated heterocycles. The number of hydrogen-bond acceptors (Lipinski definition) is 5. The van der Waals surface area contributed by atoms with Gasteiger partial charge in [0.05, 0.1) is 10.6 Å². The zero-order valence-corrected chi connectivity index (χ0v) is 18.5. The van der Waals surface area contributed by atoms with E-state index in [1.807, 2.05) is 0 Å². The van der Waals surface area contributed by atoms with Gasteiger partial charge in [-0.05, 0) is 55.9 Å². The molecule has 1 aromatic heterocycles. The Kier molecular flexibility index (Phi) is 8.81. The fourth-order valence-electron chi connectivity index (χ4n) is 3.49. The molecule has 2 heterocycles. The van der Waals surface area contributed by atoms with E-state index in [1.165, 1.54) is 17.7 Å². The molecule has 0 radical (unpaired) electrons. The number of ether oxygens (including phenoxy) is 1. The Balaban J connectivity index is 1.35. The number of carbonyl (C=O) groups excluding carboxylic acids is 1. The zero-order chi connectivity index (χ0) is 22.9. The number of nitrogens with zero attached hydrogens (tertiary/aromatic N) is 1. The molecule has 1 atom stereocenters. The molecule has 32 heavy (non-hydrogen) atoms. The van der Waals surface area contributed by atoms with Gasteiger partial charge in [0.1, 0.15) is 17.7 Å². The highest BCUT2D eigenvalue weighted by atomic mass is 35.5. The molecule has 7 nitrogen and oxygen atoms in total. The van der Waals surface area contributed by atoms with E-state index in [0.717, 1.165) is 56.2 Å². The standard InChI is InChI=1S/C23H27ClFN3O4/c24-20-17(7-3-8-18(20)25)22(29)28-19(23(30)31)11-14-32-13-2-1-6-16-10-9-15-5-4-12-26-21(15)27-16/h3,7-10,19H,1-2,4-6,11-14H2,(H,26,27)(H,28,29)(H,30,31). The second kappa shape index (κ2) is 11.8. The van der Waals surface area contributed by atoms with Crippen molar-refractivity contribution in [2.75, 3.05) is 25.1 Å². The third-order valence-electron chi connectivity index (χ3n) is 5.27. The topological polar surface area (TPSA) is 101 Å². The number of pyridine rings is 1. The number of unbranched alkanes of at least 4 members (excludes halogenated alkanes) is 1. The number of carboxylic acid groups (broad SMARTS) is 1. The second-order valence-electron chi connectivity index (χ2n) is 7.66. The Labute approximate surface area is 191 Å². The minimum Gasteiger partial charge on any atom is -0.480 e. The van der Waals surface area contributed by atoms with Gasteiger partial charge < -0.3 is 20.5 Å². The summed E-state index contributed by atoms with van der Waals surface area (Å²) in [6.07, 6.45) is 4.86. The van der Waals surface area contributed by atoms with Crippen molar-refractivity contribution in [3.8, 4) is 0 Å². The van der Waals surface area contributed by atoms with Crippen molar-refractivity contribution < 1.29 is 23.8 Å². The number of anilines is 1. The lowest BCUT2D eigenvalue weighted by molar-refractivity contribution is -0.139. The van der Waals surface area contributed by atoms with Crippen LogP contribution >= 0.6 is 11.6 Å². The smallest absolute Gasteiger partial charge is 0.326 e. The van der Waals surface area contributed by atoms with Crippen LogP contribution in [0.1, 0.15) is 47.3 Å². The largest absolute Gasteiger partial charge is 0.480 e. The van der Waals surface area contributed by atoms with Crippen molar-refractivity contribution in [2.45, 2.75) is 44.6 Å². The maximum Gasteiger partial charge on any atom is 0.326 e. The monoisotopic (exact) mass is 463 g/mol. The Morgan fingerprint density at radius 3 is 2.91 bits per heavy atom. The number of rotatable bonds is 11. The third-order valence-corrected chi connectivity index (χ3v) is 5.66. The van der Waals surface area contributed by atoms with Crippen LogP contribution in [0.15, 0.2) is 30.3 Å². The van der Waals surface area contributed by atoms with Crippen molar-refractivity contribution in [1.29, 1.82) is 0 Å². The van der Waals surface area contributed by atoms with Gasteiger partial charge in [0.2, 0.25) is 0 Å². The van der Waals surface area contributed by atoms with E-state index in [9.17, 15) is 19.1 Å². The van der Waals surface area contributed by atoms with Gasteiger partial charge in [-0.2, -0.15) is 0 Å². The summed E-state index contributed by atoms with van der Waals surface area (Å²) in [5.41, 5.74) is 2.20. The van der Waals surface area contributed by atoms with E-state index in [0.29, 0.717) is 6.61 Å². The molecule has 0 aliphatic carbocycles. The highest BCUT2D eigenvalue weighted by Crippen LogP contribution is 2.21. The summed E-state index contributed by atoms with van der Waals surface area (Å²) in [5, 5.41) is 14.7. The highest BCUT2D eigenvalue weighted by molar-refractivity contribution is 6.34. The van der Waals surface area contributed by atoms with Crippen molar-refractivity contribution in [3.63, 3.8) is 0 Å². The molecule has 1 aliphatic heterocycles. The van der Waals surface area contributed by atoms with Crippen LogP contribution in [0.3, 0.4) is 0 Å². The lowest BCUT2D eigenvalue weighted by atomic mass is 10.1. The average molecular weight is 464 g/mol. The average Bonchev–Trinajstić information content (AvgIpc) is 2.79. The van der Waals surface area contributed by atoms with Crippen molar-refractivity contribution in [3.05, 3.63) is 58.0 Å². The minimum atomic E-state index is -1.19. The summed E-state index contributed by atoms with van der Waals surface area (Å²) in [4.78, 5) is 28.4. The van der Waals surface area contributed by atoms with Crippen LogP contribution in [-0.4, -0.2) is 47.8 Å². The summed E-state index contributed by atoms with van der Waals surface area (Å²) in [5.74, 6) is -1.68. The molecule has 1 unspecified atom stereocenters. The molecule has 9 heteroatoms. The zero-order valence-electron chi connectivity index (χ0n) is 17.7. The third kappa shape index (κ3) is 6.64. The molecular formula is C23H27ClFN3O4. The number of hydrogen-bond donors (Lipinski definition) is 3. The number of halogens is 2. The number of aromatic nitrogens is 1. The first-order valence-corrected chi connectivity index (χ1v) is 11.1. The normalized spacial score (nSPS) is 13.7. The molecule has 0 bridgehead atoms. The van der Waals surface area contributed by atoms with Crippen LogP contribution < -0.4 is 10.6 Å². The predicted molar refractivity (Wildman–Crippen MR) is 120 cm³/mol. The molecule has 0 spiro atoms. The van der Waals surface area contributed by atoms with Gasteiger partial charge >= 0.3 is 5.97 Å². The molecule has 2 aromatic rings. The number of nitrogens with one attached hydrogen (secondary N) is 2. The molecule has 3 rings (SSSR count). The number of benzene rings is 1. The lowest BCUT2D eigenvalue weighted by Gasteiger charge is -2.17. The molecule has 0 fully saturated rings. The Morgan fingerprint density at radius 1 is 1.25 bits per heavy atom. The van der Waals surface area contributed by atoms with Crippen LogP contribution in [0, 0.1) is 5.82 Å². The van der Waals surface area contributed by atoms with Gasteiger partial charge in [-0.25, -0.2) is 14.2 Å². The fourth-order valence-corrected chi connectivity index (χ4v) is 3.71. The van der Waals surface area contributed by atoms with E-state index in [2.05, 4.69) is 27.8 Å². The Morgan fingerprint density at radius 2 is 2.09 bits per heavy atom. The van der Waals surface area contributed by atoms with Crippen molar-refractivity contribution in [2.24, 2.45) is 0 Å². The molecule has 1 amide bonds. The molecule has 1 aliphatic rings. The van der Waals surface area contributed by atoms with Crippen molar-refractivity contribution >= 4 is 29.3 Å². The number of fused-ring (bicyclic) bond motifs is 1. The number of aryl methyl sites for hydroxylation is 2. The number of carbonyl (C=O) groups is 2. The van der Waals surface area contributed by atoms with Gasteiger partial charge in [0.15, 0.2) is 0 Å². The van der Waals surface area contributed by atoms with Gasteiger partial charge in [0.25, 0.3) is 5.91 Å². The SMILES string of the molecule is O=C(NC(CCOCCCCc1ccc2c(n1)NCCC2)C(=O)O)c1cccc(F)c1Cl. The second-order valence-corrected chi connectivity index (χ2v) is 8.04. The minimum absolute atomic E-state index is 0.0893. The van der Waals surface area contributed by atoms with Crippen molar-refractivity contribution in [1.82, 2.24) is 10.3 Å². The molecule has 0 saturated carbocycles. The van der Waals surface area contributed by atoms with Gasteiger partial charge in [0, 0.05) is 31.9 Å². The first-order valence-electron chi connectivity index (χ1n) is 10.7. The lowest BCUT2D eigenvalue weighted by Crippen LogP contribution is -2.41. The maximum atomic E-state index is 13.5. The van der Waals surface area contributed by atoms with E-state index >= 15 is 0 Å². The fraction of sp³-hybridized carbons (Fsp3) is 0.435. The first-order chi connectivity index (χ1) is 15.5. The summed E-state index contributed by atoms with van der Waals surface area (Å²) in [7, 11) is 0. The molecule has 1 aromatic carbocycles. The van der Waals surface area contributed by atoms with Crippen LogP contribution in [0.4, 0.5) is 10.2 Å². The van der Waals surface area contributed by atoms with Crippen LogP contribution in [0.5, 0.6) is 0 Å². The summed E-state index contributed by atoms with van der Waals surface area (Å²) in [6.45, 7) is 1.62. The van der Waals surface area contributed by atoms with Crippen LogP contribution in [0.2, 0.25) is 5.02 Å². The van der Waals surface area contributed by atoms with E-state index in [4.69, 9.17) is 16.3 Å². The number of aliphatic carboxylic acids is 1. The predicted octanol–water partition coefficient (Wildman–Crippen LogP) is 3.84. The Bertz CT molecular complexity index is 957. The van der Waals surface area contributed by atoms with E-state index in [1.54, 1.807) is 0 Å².